The van der Waals surface area contributed by atoms with Crippen LogP contribution in [0.1, 0.15) is 12.6 Å². The number of aromatic amines is 1. The molecule has 1 fully saturated rings. The molecule has 0 amide bonds. The predicted octanol–water partition coefficient (Wildman–Crippen LogP) is -0.636. The zero-order valence-electron chi connectivity index (χ0n) is 11.7. The van der Waals surface area contributed by atoms with Gasteiger partial charge < -0.3 is 18.9 Å². The summed E-state index contributed by atoms with van der Waals surface area (Å²) < 4.78 is 17.2. The summed E-state index contributed by atoms with van der Waals surface area (Å²) in [5.41, 5.74) is 4.17. The second-order valence-corrected chi connectivity index (χ2v) is 5.56. The minimum Gasteiger partial charge on any atom is -0.443 e. The highest BCUT2D eigenvalue weighted by molar-refractivity contribution is 7.79. The third kappa shape index (κ3) is 4.94. The van der Waals surface area contributed by atoms with E-state index in [0.29, 0.717) is 0 Å². The van der Waals surface area contributed by atoms with Gasteiger partial charge in [0, 0.05) is 18.7 Å². The van der Waals surface area contributed by atoms with E-state index < -0.39 is 38.2 Å². The number of thiocarbonyl (C=S) groups is 1. The van der Waals surface area contributed by atoms with Gasteiger partial charge in [0.15, 0.2) is 0 Å². The fourth-order valence-electron chi connectivity index (χ4n) is 2.11. The minimum atomic E-state index is -2.10. The first kappa shape index (κ1) is 17.7. The van der Waals surface area contributed by atoms with Gasteiger partial charge in [0.25, 0.3) is 5.56 Å². The molecule has 0 spiro atoms. The molecule has 1 aliphatic heterocycles. The van der Waals surface area contributed by atoms with Gasteiger partial charge in [-0.25, -0.2) is 4.79 Å². The molecule has 23 heavy (non-hydrogen) atoms. The van der Waals surface area contributed by atoms with E-state index in [1.54, 1.807) is 0 Å². The smallest absolute Gasteiger partial charge is 0.330 e. The molecule has 4 N–H and O–H groups in total. The van der Waals surface area contributed by atoms with Gasteiger partial charge in [-0.1, -0.05) is 12.2 Å². The number of H-pyrrole nitrogens is 1. The van der Waals surface area contributed by atoms with E-state index in [-0.39, 0.29) is 13.0 Å². The highest BCUT2D eigenvalue weighted by Gasteiger charge is 2.39. The molecule has 1 aromatic heterocycles. The molecule has 2 rings (SSSR count). The largest absolute Gasteiger partial charge is 0.443 e. The lowest BCUT2D eigenvalue weighted by molar-refractivity contribution is -0.0418. The number of hydrogen-bond acceptors (Lipinski definition) is 8. The molecule has 1 aromatic rings. The summed E-state index contributed by atoms with van der Waals surface area (Å²) in [6.45, 7) is 0.0403. The van der Waals surface area contributed by atoms with E-state index >= 15 is 0 Å². The van der Waals surface area contributed by atoms with E-state index in [0.717, 1.165) is 0 Å². The Labute approximate surface area is 137 Å². The molecule has 0 saturated carbocycles. The van der Waals surface area contributed by atoms with E-state index in [1.807, 2.05) is 0 Å². The zero-order valence-corrected chi connectivity index (χ0v) is 13.5. The molecule has 1 unspecified atom stereocenters. The van der Waals surface area contributed by atoms with Crippen LogP contribution in [0.25, 0.3) is 0 Å². The fourth-order valence-corrected chi connectivity index (χ4v) is 2.66. The number of aromatic nitrogens is 2. The summed E-state index contributed by atoms with van der Waals surface area (Å²) in [6, 6.07) is 1.21. The number of hydrogen-bond donors (Lipinski definition) is 3. The van der Waals surface area contributed by atoms with Gasteiger partial charge in [-0.3, -0.25) is 19.8 Å². The highest BCUT2D eigenvalue weighted by Crippen LogP contribution is 2.36. The Morgan fingerprint density at radius 2 is 2.43 bits per heavy atom. The fraction of sp³-hybridized carbons (Fsp3) is 0.417. The SMILES string of the molecule is NP(O)O[C@H]1C[C@H](n2ccc(=O)[nH]c2=O)O[C@@H]1COC#CC=S. The summed E-state index contributed by atoms with van der Waals surface area (Å²) in [4.78, 5) is 34.3. The third-order valence-corrected chi connectivity index (χ3v) is 3.63. The van der Waals surface area contributed by atoms with Crippen LogP contribution in [0.4, 0.5) is 0 Å². The van der Waals surface area contributed by atoms with Crippen LogP contribution in [-0.2, 0) is 14.0 Å². The molecule has 4 atom stereocenters. The maximum atomic E-state index is 11.8. The molecule has 1 aliphatic rings. The first-order chi connectivity index (χ1) is 11.0. The molecule has 9 nitrogen and oxygen atoms in total. The van der Waals surface area contributed by atoms with Crippen LogP contribution in [0, 0.1) is 12.0 Å². The summed E-state index contributed by atoms with van der Waals surface area (Å²) in [6.07, 6.45) is 2.05. The Hall–Kier alpha value is -1.60. The van der Waals surface area contributed by atoms with E-state index in [1.165, 1.54) is 22.2 Å². The van der Waals surface area contributed by atoms with E-state index in [9.17, 15) is 14.5 Å². The molecule has 0 bridgehead atoms. The zero-order chi connectivity index (χ0) is 16.8. The lowest BCUT2D eigenvalue weighted by atomic mass is 10.2. The quantitative estimate of drug-likeness (QED) is 0.360. The molecule has 124 valence electrons. The Morgan fingerprint density at radius 1 is 1.65 bits per heavy atom. The van der Waals surface area contributed by atoms with Crippen molar-refractivity contribution in [2.24, 2.45) is 5.50 Å². The van der Waals surface area contributed by atoms with Crippen molar-refractivity contribution >= 4 is 26.1 Å². The van der Waals surface area contributed by atoms with Gasteiger partial charge in [0.05, 0.1) is 11.5 Å². The van der Waals surface area contributed by atoms with Gasteiger partial charge in [0.2, 0.25) is 8.53 Å². The van der Waals surface area contributed by atoms with Gasteiger partial charge >= 0.3 is 5.69 Å². The van der Waals surface area contributed by atoms with Gasteiger partial charge in [0.1, 0.15) is 25.0 Å². The van der Waals surface area contributed by atoms with Crippen molar-refractivity contribution in [3.63, 3.8) is 0 Å². The van der Waals surface area contributed by atoms with Crippen LogP contribution in [0.5, 0.6) is 0 Å². The lowest BCUT2D eigenvalue weighted by Gasteiger charge is -2.18. The van der Waals surface area contributed by atoms with Crippen LogP contribution in [-0.4, -0.2) is 38.6 Å². The number of nitrogens with zero attached hydrogens (tertiary/aromatic N) is 1. The Balaban J connectivity index is 2.13. The molecular formula is C12H14N3O6PS. The van der Waals surface area contributed by atoms with Gasteiger partial charge in [-0.15, -0.1) is 0 Å². The van der Waals surface area contributed by atoms with Crippen molar-refractivity contribution in [3.8, 4) is 12.0 Å². The van der Waals surface area contributed by atoms with Crippen molar-refractivity contribution in [1.29, 1.82) is 0 Å². The monoisotopic (exact) mass is 359 g/mol. The molecule has 0 radical (unpaired) electrons. The predicted molar refractivity (Wildman–Crippen MR) is 85.4 cm³/mol. The lowest BCUT2D eigenvalue weighted by Crippen LogP contribution is -2.31. The maximum Gasteiger partial charge on any atom is 0.330 e. The number of rotatable bonds is 5. The Bertz CT molecular complexity index is 724. The third-order valence-electron chi connectivity index (χ3n) is 3.02. The van der Waals surface area contributed by atoms with E-state index in [4.69, 9.17) is 19.5 Å². The number of nitrogens with two attached hydrogens (primary N) is 1. The van der Waals surface area contributed by atoms with Gasteiger partial charge in [-0.05, 0) is 5.92 Å². The summed E-state index contributed by atoms with van der Waals surface area (Å²) in [5, 5.41) is 1.21. The molecule has 0 aliphatic carbocycles. The van der Waals surface area contributed by atoms with Crippen molar-refractivity contribution in [2.45, 2.75) is 24.9 Å². The Morgan fingerprint density at radius 3 is 3.09 bits per heavy atom. The first-order valence-corrected chi connectivity index (χ1v) is 8.20. The molecule has 11 heteroatoms. The molecule has 2 heterocycles. The van der Waals surface area contributed by atoms with Crippen LogP contribution in [0.15, 0.2) is 21.9 Å². The van der Waals surface area contributed by atoms with Crippen LogP contribution < -0.4 is 16.8 Å². The second kappa shape index (κ2) is 8.31. The van der Waals surface area contributed by atoms with Crippen LogP contribution in [0.3, 0.4) is 0 Å². The van der Waals surface area contributed by atoms with Crippen molar-refractivity contribution < 1.29 is 18.9 Å². The van der Waals surface area contributed by atoms with Crippen molar-refractivity contribution in [3.05, 3.63) is 33.1 Å². The minimum absolute atomic E-state index is 0.0403. The topological polar surface area (TPSA) is 129 Å². The average molecular weight is 359 g/mol. The summed E-state index contributed by atoms with van der Waals surface area (Å²) in [5.74, 6) is 2.44. The standard InChI is InChI=1S/C12H14N3O6PS/c13-22(18)21-8-6-11(15-3-2-10(16)14-12(15)17)20-9(8)7-19-4-1-5-23/h2-3,5,8-9,11,18H,6-7,13H2,(H,14,16,17)/t8-,9+,11+,22?/m0/s1. The number of ether oxygens (including phenoxy) is 2. The summed E-state index contributed by atoms with van der Waals surface area (Å²) in [7, 11) is -2.10. The van der Waals surface area contributed by atoms with Crippen molar-refractivity contribution in [1.82, 2.24) is 9.55 Å². The van der Waals surface area contributed by atoms with Gasteiger partial charge in [-0.2, -0.15) is 0 Å². The van der Waals surface area contributed by atoms with E-state index in [2.05, 4.69) is 29.2 Å². The average Bonchev–Trinajstić information content (AvgIpc) is 2.85. The second-order valence-electron chi connectivity index (χ2n) is 4.50. The molecule has 1 saturated heterocycles. The molecule has 0 aromatic carbocycles. The summed E-state index contributed by atoms with van der Waals surface area (Å²) >= 11 is 4.54. The normalized spacial score (nSPS) is 24.5. The number of nitrogens with one attached hydrogen (secondary N) is 1. The Kier molecular flexibility index (Phi) is 6.41. The molecular weight excluding hydrogens is 345 g/mol. The highest BCUT2D eigenvalue weighted by atomic mass is 32.1. The first-order valence-electron chi connectivity index (χ1n) is 6.44. The van der Waals surface area contributed by atoms with Crippen molar-refractivity contribution in [2.75, 3.05) is 6.61 Å². The van der Waals surface area contributed by atoms with Crippen LogP contribution in [0.2, 0.25) is 0 Å². The maximum absolute atomic E-state index is 11.8. The van der Waals surface area contributed by atoms with Crippen LogP contribution >= 0.6 is 20.7 Å².